The number of rotatable bonds is 18. The van der Waals surface area contributed by atoms with Crippen molar-refractivity contribution in [1.29, 1.82) is 0 Å². The first-order valence-corrected chi connectivity index (χ1v) is 15.0. The number of nitrogens with one attached hydrogen (secondary N) is 3. The Morgan fingerprint density at radius 3 is 2.41 bits per heavy atom. The second kappa shape index (κ2) is 17.4. The van der Waals surface area contributed by atoms with E-state index in [2.05, 4.69) is 34.5 Å². The molecule has 0 radical (unpaired) electrons. The van der Waals surface area contributed by atoms with Gasteiger partial charge in [0, 0.05) is 30.3 Å². The van der Waals surface area contributed by atoms with Crippen molar-refractivity contribution in [2.24, 2.45) is 5.92 Å². The topological polar surface area (TPSA) is 151 Å². The van der Waals surface area contributed by atoms with Crippen LogP contribution in [0.25, 0.3) is 0 Å². The van der Waals surface area contributed by atoms with E-state index in [1.165, 1.54) is 4.90 Å². The van der Waals surface area contributed by atoms with E-state index in [0.29, 0.717) is 43.2 Å². The van der Waals surface area contributed by atoms with Crippen molar-refractivity contribution in [1.82, 2.24) is 15.5 Å². The van der Waals surface area contributed by atoms with Crippen LogP contribution in [0.4, 0.5) is 5.69 Å². The van der Waals surface area contributed by atoms with Gasteiger partial charge in [0.1, 0.15) is 12.6 Å². The molecule has 1 heterocycles. The van der Waals surface area contributed by atoms with Gasteiger partial charge in [-0.05, 0) is 42.9 Å². The van der Waals surface area contributed by atoms with Gasteiger partial charge in [-0.15, -0.1) is 11.8 Å². The van der Waals surface area contributed by atoms with Crippen molar-refractivity contribution < 1.29 is 33.5 Å². The predicted octanol–water partition coefficient (Wildman–Crippen LogP) is 2.77. The average molecular weight is 591 g/mol. The Balaban J connectivity index is 1.69. The minimum atomic E-state index is -0.799. The van der Waals surface area contributed by atoms with Crippen molar-refractivity contribution in [2.45, 2.75) is 89.4 Å². The van der Waals surface area contributed by atoms with E-state index < -0.39 is 17.9 Å². The number of likely N-dealkylation sites (tertiary alicyclic amines) is 1. The van der Waals surface area contributed by atoms with E-state index in [0.717, 1.165) is 12.0 Å². The molecule has 41 heavy (non-hydrogen) atoms. The number of hydrogen-bond donors (Lipinski definition) is 3. The number of hydrogen-bond acceptors (Lipinski definition) is 8. The number of anilines is 1. The highest BCUT2D eigenvalue weighted by atomic mass is 32.2. The van der Waals surface area contributed by atoms with E-state index in [1.54, 1.807) is 49.9 Å². The Hall–Kier alpha value is -3.41. The summed E-state index contributed by atoms with van der Waals surface area (Å²) in [5.41, 5.74) is 1.29. The van der Waals surface area contributed by atoms with Crippen LogP contribution in [-0.2, 0) is 40.1 Å². The molecule has 3 N–H and O–H groups in total. The molecule has 11 nitrogen and oxygen atoms in total. The van der Waals surface area contributed by atoms with Crippen LogP contribution in [0.2, 0.25) is 0 Å². The smallest absolute Gasteiger partial charge is 0.293 e. The number of benzene rings is 1. The minimum Gasteiger partial charge on any atom is -0.463 e. The van der Waals surface area contributed by atoms with Crippen molar-refractivity contribution in [3.8, 4) is 0 Å². The lowest BCUT2D eigenvalue weighted by atomic mass is 10.0. The zero-order valence-electron chi connectivity index (χ0n) is 24.3. The van der Waals surface area contributed by atoms with Crippen molar-refractivity contribution in [2.75, 3.05) is 18.4 Å². The van der Waals surface area contributed by atoms with Crippen molar-refractivity contribution >= 4 is 53.5 Å². The minimum absolute atomic E-state index is 0.114. The summed E-state index contributed by atoms with van der Waals surface area (Å²) in [5.74, 6) is -1.61. The lowest BCUT2D eigenvalue weighted by molar-refractivity contribution is -0.138. The van der Waals surface area contributed by atoms with Crippen molar-refractivity contribution in [3.05, 3.63) is 29.8 Å². The molecule has 0 saturated carbocycles. The van der Waals surface area contributed by atoms with E-state index in [9.17, 15) is 28.8 Å². The molecule has 1 aromatic carbocycles. The number of nitrogens with zero attached hydrogens (tertiary/aromatic N) is 1. The number of imide groups is 1. The fourth-order valence-electron chi connectivity index (χ4n) is 4.18. The van der Waals surface area contributed by atoms with Gasteiger partial charge >= 0.3 is 0 Å². The average Bonchev–Trinajstić information content (AvgIpc) is 3.20. The Morgan fingerprint density at radius 1 is 1.07 bits per heavy atom. The highest BCUT2D eigenvalue weighted by Gasteiger charge is 2.39. The van der Waals surface area contributed by atoms with Crippen LogP contribution in [0.3, 0.4) is 0 Å². The largest absolute Gasteiger partial charge is 0.463 e. The third-order valence-corrected chi connectivity index (χ3v) is 8.20. The number of ether oxygens (including phenoxy) is 1. The summed E-state index contributed by atoms with van der Waals surface area (Å²) in [6, 6.07) is 5.93. The molecule has 1 aliphatic heterocycles. The molecular formula is C29H42N4O7S. The first kappa shape index (κ1) is 33.8. The first-order chi connectivity index (χ1) is 19.5. The molecule has 1 saturated heterocycles. The van der Waals surface area contributed by atoms with Crippen LogP contribution in [0, 0.1) is 5.92 Å². The van der Waals surface area contributed by atoms with Crippen LogP contribution in [0.1, 0.15) is 71.8 Å². The second-order valence-corrected chi connectivity index (χ2v) is 12.0. The molecule has 0 aromatic heterocycles. The third kappa shape index (κ3) is 11.5. The highest BCUT2D eigenvalue weighted by molar-refractivity contribution is 8.01. The number of amides is 5. The number of carbonyl (C=O) groups excluding carboxylic acids is 6. The molecule has 3 atom stereocenters. The van der Waals surface area contributed by atoms with Crippen LogP contribution in [0.15, 0.2) is 24.3 Å². The molecule has 0 aliphatic carbocycles. The lowest BCUT2D eigenvalue weighted by Gasteiger charge is -2.21. The lowest BCUT2D eigenvalue weighted by Crippen LogP contribution is -2.51. The maximum absolute atomic E-state index is 12.7. The van der Waals surface area contributed by atoms with E-state index >= 15 is 0 Å². The van der Waals surface area contributed by atoms with Crippen LogP contribution in [-0.4, -0.2) is 70.5 Å². The zero-order valence-corrected chi connectivity index (χ0v) is 25.1. The summed E-state index contributed by atoms with van der Waals surface area (Å²) in [5, 5.41) is 8.01. The summed E-state index contributed by atoms with van der Waals surface area (Å²) in [7, 11) is 0. The van der Waals surface area contributed by atoms with Gasteiger partial charge in [0.05, 0.1) is 11.8 Å². The fourth-order valence-corrected chi connectivity index (χ4v) is 5.42. The molecule has 5 amide bonds. The van der Waals surface area contributed by atoms with Gasteiger partial charge in [0.2, 0.25) is 29.5 Å². The van der Waals surface area contributed by atoms with Crippen LogP contribution >= 0.6 is 11.8 Å². The Labute approximate surface area is 245 Å². The molecule has 226 valence electrons. The number of unbranched alkanes of at least 4 members (excludes halogenated alkanes) is 2. The molecule has 1 fully saturated rings. The normalized spacial score (nSPS) is 16.3. The number of carbonyl (C=O) groups is 6. The maximum Gasteiger partial charge on any atom is 0.293 e. The summed E-state index contributed by atoms with van der Waals surface area (Å²) in [6.07, 6.45) is 3.24. The molecule has 0 spiro atoms. The molecule has 2 rings (SSSR count). The first-order valence-electron chi connectivity index (χ1n) is 14.1. The summed E-state index contributed by atoms with van der Waals surface area (Å²) in [6.45, 7) is 8.30. The molecule has 0 bridgehead atoms. The van der Waals surface area contributed by atoms with Crippen molar-refractivity contribution in [3.63, 3.8) is 0 Å². The van der Waals surface area contributed by atoms with Gasteiger partial charge < -0.3 is 20.7 Å². The van der Waals surface area contributed by atoms with Gasteiger partial charge in [-0.25, -0.2) is 0 Å². The number of thioether (sulfide) groups is 1. The molecule has 1 aromatic rings. The maximum atomic E-state index is 12.7. The van der Waals surface area contributed by atoms with Gasteiger partial charge in [0.15, 0.2) is 0 Å². The predicted molar refractivity (Wildman–Crippen MR) is 157 cm³/mol. The standard InChI is InChI=1S/C29H42N4O7S/c1-5-20(4)41-23-15-26(37)33(29(23)39)14-8-6-7-9-24(35)32-27(19(2)3)28(38)30-16-25(36)31-22-12-10-21(11-13-22)17-40-18-34/h10-13,18-20,23,27H,5-9,14-17H2,1-4H3,(H,30,38)(H,31,36)(H,32,35). The summed E-state index contributed by atoms with van der Waals surface area (Å²) < 4.78 is 4.68. The van der Waals surface area contributed by atoms with Gasteiger partial charge in [-0.3, -0.25) is 33.7 Å². The van der Waals surface area contributed by atoms with Gasteiger partial charge in [-0.1, -0.05) is 46.2 Å². The second-order valence-electron chi connectivity index (χ2n) is 10.4. The molecular weight excluding hydrogens is 548 g/mol. The van der Waals surface area contributed by atoms with Gasteiger partial charge in [0.25, 0.3) is 6.47 Å². The Kier molecular flexibility index (Phi) is 14.4. The quantitative estimate of drug-likeness (QED) is 0.134. The van der Waals surface area contributed by atoms with E-state index in [1.807, 2.05) is 0 Å². The zero-order chi connectivity index (χ0) is 30.4. The monoisotopic (exact) mass is 590 g/mol. The summed E-state index contributed by atoms with van der Waals surface area (Å²) in [4.78, 5) is 73.9. The third-order valence-electron chi connectivity index (χ3n) is 6.70. The van der Waals surface area contributed by atoms with E-state index in [4.69, 9.17) is 0 Å². The Bertz CT molecular complexity index is 1060. The fraction of sp³-hybridized carbons (Fsp3) is 0.586. The van der Waals surface area contributed by atoms with E-state index in [-0.39, 0.29) is 54.9 Å². The van der Waals surface area contributed by atoms with Crippen LogP contribution < -0.4 is 16.0 Å². The van der Waals surface area contributed by atoms with Crippen LogP contribution in [0.5, 0.6) is 0 Å². The molecule has 1 aliphatic rings. The molecule has 12 heteroatoms. The Morgan fingerprint density at radius 2 is 1.78 bits per heavy atom. The highest BCUT2D eigenvalue weighted by Crippen LogP contribution is 2.29. The van der Waals surface area contributed by atoms with Gasteiger partial charge in [-0.2, -0.15) is 0 Å². The molecule has 3 unspecified atom stereocenters. The SMILES string of the molecule is CCC(C)SC1CC(=O)N(CCCCCC(=O)NC(C(=O)NCC(=O)Nc2ccc(COC=O)cc2)C(C)C)C1=O. The summed E-state index contributed by atoms with van der Waals surface area (Å²) >= 11 is 1.56.